The van der Waals surface area contributed by atoms with Gasteiger partial charge >= 0.3 is 0 Å². The summed E-state index contributed by atoms with van der Waals surface area (Å²) >= 11 is 0. The van der Waals surface area contributed by atoms with Gasteiger partial charge in [0.1, 0.15) is 0 Å². The molecule has 0 aromatic carbocycles. The average molecular weight is 219 g/mol. The van der Waals surface area contributed by atoms with E-state index in [1.54, 1.807) is 12.5 Å². The van der Waals surface area contributed by atoms with E-state index in [1.165, 1.54) is 0 Å². The van der Waals surface area contributed by atoms with Crippen LogP contribution in [-0.4, -0.2) is 25.3 Å². The van der Waals surface area contributed by atoms with Crippen LogP contribution < -0.4 is 5.32 Å². The second kappa shape index (κ2) is 4.09. The van der Waals surface area contributed by atoms with Crippen LogP contribution in [0.25, 0.3) is 5.69 Å². The number of nitrogens with zero attached hydrogens (tertiary/aromatic N) is 3. The lowest BCUT2D eigenvalue weighted by molar-refractivity contribution is 0.419. The summed E-state index contributed by atoms with van der Waals surface area (Å²) in [6.07, 6.45) is 7.29. The van der Waals surface area contributed by atoms with Gasteiger partial charge in [-0.25, -0.2) is 4.98 Å². The zero-order valence-corrected chi connectivity index (χ0v) is 9.86. The fourth-order valence-electron chi connectivity index (χ4n) is 1.42. The number of hydrogen-bond acceptors (Lipinski definition) is 3. The van der Waals surface area contributed by atoms with Crippen molar-refractivity contribution in [3.8, 4) is 5.69 Å². The number of aromatic amines is 1. The Kier molecular flexibility index (Phi) is 2.78. The van der Waals surface area contributed by atoms with Crippen molar-refractivity contribution < 1.29 is 0 Å². The maximum atomic E-state index is 4.16. The lowest BCUT2D eigenvalue weighted by Gasteiger charge is -2.20. The number of imidazole rings is 1. The first kappa shape index (κ1) is 10.9. The third kappa shape index (κ3) is 2.49. The van der Waals surface area contributed by atoms with Gasteiger partial charge in [-0.2, -0.15) is 5.10 Å². The van der Waals surface area contributed by atoms with Crippen LogP contribution in [0, 0.1) is 0 Å². The quantitative estimate of drug-likeness (QED) is 0.822. The zero-order chi connectivity index (χ0) is 11.6. The molecule has 0 spiro atoms. The summed E-state index contributed by atoms with van der Waals surface area (Å²) in [7, 11) is 0. The number of aromatic nitrogens is 4. The standard InChI is InChI=1S/C11H17N5/c1-11(2,3)13-5-9-4-12-8-16(9)10-6-14-15-7-10/h4,6-8,13H,5H2,1-3H3,(H,14,15). The molecule has 2 aromatic heterocycles. The van der Waals surface area contributed by atoms with Gasteiger partial charge in [-0.1, -0.05) is 0 Å². The van der Waals surface area contributed by atoms with Crippen molar-refractivity contribution in [2.75, 3.05) is 0 Å². The van der Waals surface area contributed by atoms with Gasteiger partial charge in [0.15, 0.2) is 0 Å². The van der Waals surface area contributed by atoms with E-state index in [-0.39, 0.29) is 5.54 Å². The molecule has 0 atom stereocenters. The van der Waals surface area contributed by atoms with Crippen LogP contribution in [0.1, 0.15) is 26.5 Å². The van der Waals surface area contributed by atoms with Crippen molar-refractivity contribution in [3.05, 3.63) is 30.6 Å². The van der Waals surface area contributed by atoms with Crippen LogP contribution in [0.2, 0.25) is 0 Å². The highest BCUT2D eigenvalue weighted by molar-refractivity contribution is 5.27. The lowest BCUT2D eigenvalue weighted by atomic mass is 10.1. The van der Waals surface area contributed by atoms with Gasteiger partial charge in [-0.3, -0.25) is 9.67 Å². The van der Waals surface area contributed by atoms with Crippen LogP contribution in [0.15, 0.2) is 24.9 Å². The molecule has 2 aromatic rings. The zero-order valence-electron chi connectivity index (χ0n) is 9.86. The van der Waals surface area contributed by atoms with Crippen molar-refractivity contribution >= 4 is 0 Å². The van der Waals surface area contributed by atoms with E-state index in [1.807, 2.05) is 17.0 Å². The Labute approximate surface area is 94.9 Å². The third-order valence-electron chi connectivity index (χ3n) is 2.28. The van der Waals surface area contributed by atoms with E-state index in [4.69, 9.17) is 0 Å². The Morgan fingerprint density at radius 3 is 2.81 bits per heavy atom. The number of hydrogen-bond donors (Lipinski definition) is 2. The van der Waals surface area contributed by atoms with Gasteiger partial charge in [0.2, 0.25) is 0 Å². The van der Waals surface area contributed by atoms with Crippen molar-refractivity contribution in [1.29, 1.82) is 0 Å². The molecule has 2 rings (SSSR count). The van der Waals surface area contributed by atoms with E-state index in [9.17, 15) is 0 Å². The fourth-order valence-corrected chi connectivity index (χ4v) is 1.42. The van der Waals surface area contributed by atoms with E-state index in [0.29, 0.717) is 0 Å². The molecule has 0 saturated carbocycles. The maximum absolute atomic E-state index is 4.16. The topological polar surface area (TPSA) is 58.5 Å². The molecule has 2 N–H and O–H groups in total. The summed E-state index contributed by atoms with van der Waals surface area (Å²) in [5, 5.41) is 10.2. The second-order valence-corrected chi connectivity index (χ2v) is 4.82. The summed E-state index contributed by atoms with van der Waals surface area (Å²) in [5.41, 5.74) is 2.23. The van der Waals surface area contributed by atoms with E-state index in [2.05, 4.69) is 41.3 Å². The fraction of sp³-hybridized carbons (Fsp3) is 0.455. The Hall–Kier alpha value is -1.62. The SMILES string of the molecule is CC(C)(C)NCc1cncn1-c1cn[nH]c1. The van der Waals surface area contributed by atoms with Crippen LogP contribution in [0.5, 0.6) is 0 Å². The Balaban J connectivity index is 2.14. The van der Waals surface area contributed by atoms with Crippen LogP contribution in [0.4, 0.5) is 0 Å². The van der Waals surface area contributed by atoms with Gasteiger partial charge in [-0.15, -0.1) is 0 Å². The Morgan fingerprint density at radius 2 is 2.19 bits per heavy atom. The maximum Gasteiger partial charge on any atom is 0.0995 e. The predicted octanol–water partition coefficient (Wildman–Crippen LogP) is 1.48. The molecule has 5 nitrogen and oxygen atoms in total. The minimum atomic E-state index is 0.103. The van der Waals surface area contributed by atoms with Gasteiger partial charge in [0, 0.05) is 24.5 Å². The highest BCUT2D eigenvalue weighted by Gasteiger charge is 2.11. The van der Waals surface area contributed by atoms with E-state index < -0.39 is 0 Å². The molecular weight excluding hydrogens is 202 g/mol. The van der Waals surface area contributed by atoms with Crippen LogP contribution in [0.3, 0.4) is 0 Å². The number of H-pyrrole nitrogens is 1. The molecule has 2 heterocycles. The van der Waals surface area contributed by atoms with Crippen molar-refractivity contribution in [3.63, 3.8) is 0 Å². The molecule has 0 bridgehead atoms. The molecule has 0 unspecified atom stereocenters. The third-order valence-corrected chi connectivity index (χ3v) is 2.28. The number of nitrogens with one attached hydrogen (secondary N) is 2. The van der Waals surface area contributed by atoms with Crippen molar-refractivity contribution in [2.45, 2.75) is 32.9 Å². The molecule has 0 radical (unpaired) electrons. The molecular formula is C11H17N5. The highest BCUT2D eigenvalue weighted by Crippen LogP contribution is 2.10. The molecule has 0 aliphatic carbocycles. The molecule has 0 amide bonds. The summed E-state index contributed by atoms with van der Waals surface area (Å²) in [6, 6.07) is 0. The highest BCUT2D eigenvalue weighted by atomic mass is 15.2. The Morgan fingerprint density at radius 1 is 1.38 bits per heavy atom. The smallest absolute Gasteiger partial charge is 0.0995 e. The van der Waals surface area contributed by atoms with Gasteiger partial charge in [-0.05, 0) is 20.8 Å². The molecule has 0 aliphatic rings. The number of rotatable bonds is 3. The van der Waals surface area contributed by atoms with E-state index in [0.717, 1.165) is 17.9 Å². The molecule has 0 aliphatic heterocycles. The first-order valence-corrected chi connectivity index (χ1v) is 5.32. The first-order valence-electron chi connectivity index (χ1n) is 5.32. The van der Waals surface area contributed by atoms with Gasteiger partial charge in [0.25, 0.3) is 0 Å². The lowest BCUT2D eigenvalue weighted by Crippen LogP contribution is -2.35. The molecule has 86 valence electrons. The monoisotopic (exact) mass is 219 g/mol. The molecule has 0 saturated heterocycles. The molecule has 0 fully saturated rings. The van der Waals surface area contributed by atoms with Gasteiger partial charge in [0.05, 0.1) is 23.9 Å². The largest absolute Gasteiger partial charge is 0.306 e. The first-order chi connectivity index (χ1) is 7.56. The summed E-state index contributed by atoms with van der Waals surface area (Å²) in [4.78, 5) is 4.16. The predicted molar refractivity (Wildman–Crippen MR) is 62.3 cm³/mol. The molecule has 5 heteroatoms. The minimum Gasteiger partial charge on any atom is -0.306 e. The summed E-state index contributed by atoms with van der Waals surface area (Å²) in [6.45, 7) is 7.22. The van der Waals surface area contributed by atoms with Crippen molar-refractivity contribution in [2.24, 2.45) is 0 Å². The van der Waals surface area contributed by atoms with Crippen molar-refractivity contribution in [1.82, 2.24) is 25.1 Å². The summed E-state index contributed by atoms with van der Waals surface area (Å²) < 4.78 is 2.02. The summed E-state index contributed by atoms with van der Waals surface area (Å²) in [5.74, 6) is 0. The van der Waals surface area contributed by atoms with Gasteiger partial charge < -0.3 is 5.32 Å². The molecule has 16 heavy (non-hydrogen) atoms. The second-order valence-electron chi connectivity index (χ2n) is 4.82. The normalized spacial score (nSPS) is 11.9. The van der Waals surface area contributed by atoms with Crippen LogP contribution in [-0.2, 0) is 6.54 Å². The Bertz CT molecular complexity index is 435. The minimum absolute atomic E-state index is 0.103. The van der Waals surface area contributed by atoms with Crippen LogP contribution >= 0.6 is 0 Å². The average Bonchev–Trinajstić information content (AvgIpc) is 2.84. The van der Waals surface area contributed by atoms with E-state index >= 15 is 0 Å².